The van der Waals surface area contributed by atoms with Crippen molar-refractivity contribution in [1.82, 2.24) is 0 Å². The summed E-state index contributed by atoms with van der Waals surface area (Å²) < 4.78 is 0. The molecule has 0 aliphatic carbocycles. The van der Waals surface area contributed by atoms with Gasteiger partial charge in [0.2, 0.25) is 0 Å². The van der Waals surface area contributed by atoms with Gasteiger partial charge in [-0.2, -0.15) is 0 Å². The number of rotatable bonds is 0. The Morgan fingerprint density at radius 3 is 2.08 bits per heavy atom. The van der Waals surface area contributed by atoms with Crippen LogP contribution in [0.25, 0.3) is 0 Å². The Morgan fingerprint density at radius 2 is 1.69 bits per heavy atom. The molecule has 0 spiro atoms. The third-order valence-electron chi connectivity index (χ3n) is 1.82. The Bertz CT molecular complexity index is 326. The van der Waals surface area contributed by atoms with Crippen LogP contribution >= 0.6 is 23.2 Å². The van der Waals surface area contributed by atoms with Crippen LogP contribution in [0.1, 0.15) is 26.3 Å². The quantitative estimate of drug-likeness (QED) is 0.699. The molecule has 0 bridgehead atoms. The lowest BCUT2D eigenvalue weighted by atomic mass is 9.87. The molecule has 0 aliphatic rings. The lowest BCUT2D eigenvalue weighted by Crippen LogP contribution is -2.12. The maximum atomic E-state index is 9.40. The predicted octanol–water partition coefficient (Wildman–Crippen LogP) is 4.00. The van der Waals surface area contributed by atoms with Crippen LogP contribution in [0.4, 0.5) is 0 Å². The Balaban J connectivity index is 3.43. The van der Waals surface area contributed by atoms with Gasteiger partial charge < -0.3 is 5.11 Å². The minimum absolute atomic E-state index is 0.0796. The number of phenols is 1. The zero-order valence-electron chi connectivity index (χ0n) is 7.86. The fourth-order valence-electron chi connectivity index (χ4n) is 1.23. The average Bonchev–Trinajstić information content (AvgIpc) is 1.95. The van der Waals surface area contributed by atoms with Crippen LogP contribution in [0, 0.1) is 0 Å². The molecule has 0 saturated heterocycles. The number of aromatic hydroxyl groups is 1. The third-order valence-corrected chi connectivity index (χ3v) is 2.52. The van der Waals surface area contributed by atoms with Crippen molar-refractivity contribution in [3.63, 3.8) is 0 Å². The van der Waals surface area contributed by atoms with Crippen LogP contribution in [-0.2, 0) is 5.41 Å². The molecule has 0 amide bonds. The smallest absolute Gasteiger partial charge is 0.134 e. The van der Waals surface area contributed by atoms with E-state index in [1.54, 1.807) is 6.07 Å². The first-order valence-electron chi connectivity index (χ1n) is 4.01. The second-order valence-electron chi connectivity index (χ2n) is 4.01. The topological polar surface area (TPSA) is 20.2 Å². The monoisotopic (exact) mass is 218 g/mol. The Hall–Kier alpha value is -0.400. The molecule has 0 unspecified atom stereocenters. The van der Waals surface area contributed by atoms with Gasteiger partial charge in [-0.3, -0.25) is 0 Å². The number of benzene rings is 1. The highest BCUT2D eigenvalue weighted by molar-refractivity contribution is 6.37. The molecule has 0 atom stereocenters. The minimum Gasteiger partial charge on any atom is -0.506 e. The summed E-state index contributed by atoms with van der Waals surface area (Å²) in [6, 6.07) is 3.16. The van der Waals surface area contributed by atoms with Crippen molar-refractivity contribution in [1.29, 1.82) is 0 Å². The highest BCUT2D eigenvalue weighted by atomic mass is 35.5. The second-order valence-corrected chi connectivity index (χ2v) is 4.79. The van der Waals surface area contributed by atoms with Crippen molar-refractivity contribution >= 4 is 23.2 Å². The molecule has 1 aromatic rings. The number of hydrogen-bond donors (Lipinski definition) is 1. The van der Waals surface area contributed by atoms with Crippen molar-refractivity contribution in [2.45, 2.75) is 26.2 Å². The largest absolute Gasteiger partial charge is 0.506 e. The van der Waals surface area contributed by atoms with Gasteiger partial charge in [-0.05, 0) is 23.1 Å². The zero-order chi connectivity index (χ0) is 10.2. The van der Waals surface area contributed by atoms with E-state index in [1.807, 2.05) is 20.8 Å². The van der Waals surface area contributed by atoms with E-state index < -0.39 is 0 Å². The average molecular weight is 219 g/mol. The molecule has 1 nitrogen and oxygen atoms in total. The predicted molar refractivity (Wildman–Crippen MR) is 56.8 cm³/mol. The lowest BCUT2D eigenvalue weighted by molar-refractivity contribution is 0.471. The Morgan fingerprint density at radius 1 is 1.15 bits per heavy atom. The van der Waals surface area contributed by atoms with E-state index in [1.165, 1.54) is 6.07 Å². The normalized spacial score (nSPS) is 11.8. The van der Waals surface area contributed by atoms with Crippen molar-refractivity contribution in [3.8, 4) is 5.75 Å². The molecule has 0 aliphatic heterocycles. The summed E-state index contributed by atoms with van der Waals surface area (Å²) in [5.41, 5.74) is 0.628. The van der Waals surface area contributed by atoms with Gasteiger partial charge in [0.15, 0.2) is 0 Å². The van der Waals surface area contributed by atoms with Gasteiger partial charge in [0.25, 0.3) is 0 Å². The van der Waals surface area contributed by atoms with Gasteiger partial charge >= 0.3 is 0 Å². The van der Waals surface area contributed by atoms with Crippen LogP contribution in [0.2, 0.25) is 10.0 Å². The minimum atomic E-state index is -0.160. The van der Waals surface area contributed by atoms with Gasteiger partial charge in [-0.25, -0.2) is 0 Å². The maximum absolute atomic E-state index is 9.40. The standard InChI is InChI=1S/C10H12Cl2O/c1-10(2,3)8-6(11)4-5-7(13)9(8)12/h4-5,13H,1-3H3. The van der Waals surface area contributed by atoms with E-state index >= 15 is 0 Å². The number of phenolic OH excluding ortho intramolecular Hbond substituents is 1. The van der Waals surface area contributed by atoms with Gasteiger partial charge in [-0.1, -0.05) is 44.0 Å². The first-order chi connectivity index (χ1) is 5.84. The number of halogens is 2. The lowest BCUT2D eigenvalue weighted by Gasteiger charge is -2.22. The van der Waals surface area contributed by atoms with Crippen molar-refractivity contribution in [2.24, 2.45) is 0 Å². The summed E-state index contributed by atoms with van der Waals surface area (Å²) in [5.74, 6) is 0.0796. The van der Waals surface area contributed by atoms with Crippen molar-refractivity contribution in [2.75, 3.05) is 0 Å². The summed E-state index contributed by atoms with van der Waals surface area (Å²) in [6.45, 7) is 6.00. The number of hydrogen-bond acceptors (Lipinski definition) is 1. The van der Waals surface area contributed by atoms with Gasteiger partial charge in [-0.15, -0.1) is 0 Å². The van der Waals surface area contributed by atoms with E-state index in [0.29, 0.717) is 10.0 Å². The first kappa shape index (κ1) is 10.7. The molecule has 3 heteroatoms. The molecule has 1 aromatic carbocycles. The van der Waals surface area contributed by atoms with E-state index in [-0.39, 0.29) is 11.2 Å². The molecule has 1 rings (SSSR count). The van der Waals surface area contributed by atoms with Crippen LogP contribution in [0.3, 0.4) is 0 Å². The summed E-state index contributed by atoms with van der Waals surface area (Å²) in [5, 5.41) is 10.3. The van der Waals surface area contributed by atoms with E-state index in [2.05, 4.69) is 0 Å². The van der Waals surface area contributed by atoms with Crippen LogP contribution in [-0.4, -0.2) is 5.11 Å². The third kappa shape index (κ3) is 2.09. The highest BCUT2D eigenvalue weighted by Crippen LogP contribution is 2.39. The molecule has 1 N–H and O–H groups in total. The molecule has 0 radical (unpaired) electrons. The molecular formula is C10H12Cl2O. The molecule has 13 heavy (non-hydrogen) atoms. The summed E-state index contributed by atoms with van der Waals surface area (Å²) in [7, 11) is 0. The zero-order valence-corrected chi connectivity index (χ0v) is 9.37. The molecule has 72 valence electrons. The molecular weight excluding hydrogens is 207 g/mol. The van der Waals surface area contributed by atoms with Crippen LogP contribution < -0.4 is 0 Å². The van der Waals surface area contributed by atoms with Gasteiger partial charge in [0.05, 0.1) is 5.02 Å². The summed E-state index contributed by atoms with van der Waals surface area (Å²) >= 11 is 11.9. The second kappa shape index (κ2) is 3.39. The Labute approximate surface area is 88.3 Å². The van der Waals surface area contributed by atoms with Crippen LogP contribution in [0.15, 0.2) is 12.1 Å². The van der Waals surface area contributed by atoms with E-state index in [4.69, 9.17) is 23.2 Å². The summed E-state index contributed by atoms with van der Waals surface area (Å²) in [6.07, 6.45) is 0. The Kier molecular flexibility index (Phi) is 2.79. The highest BCUT2D eigenvalue weighted by Gasteiger charge is 2.22. The SMILES string of the molecule is CC(C)(C)c1c(Cl)ccc(O)c1Cl. The molecule has 0 fully saturated rings. The van der Waals surface area contributed by atoms with Crippen molar-refractivity contribution < 1.29 is 5.11 Å². The van der Waals surface area contributed by atoms with Gasteiger partial charge in [0.1, 0.15) is 5.75 Å². The van der Waals surface area contributed by atoms with E-state index in [9.17, 15) is 5.11 Å². The van der Waals surface area contributed by atoms with Crippen molar-refractivity contribution in [3.05, 3.63) is 27.7 Å². The van der Waals surface area contributed by atoms with E-state index in [0.717, 1.165) is 5.56 Å². The summed E-state index contributed by atoms with van der Waals surface area (Å²) in [4.78, 5) is 0. The molecule has 0 aromatic heterocycles. The first-order valence-corrected chi connectivity index (χ1v) is 4.77. The van der Waals surface area contributed by atoms with Gasteiger partial charge in [0, 0.05) is 5.02 Å². The maximum Gasteiger partial charge on any atom is 0.134 e. The fraction of sp³-hybridized carbons (Fsp3) is 0.400. The fourth-order valence-corrected chi connectivity index (χ4v) is 2.17. The molecule has 0 heterocycles. The van der Waals surface area contributed by atoms with Crippen LogP contribution in [0.5, 0.6) is 5.75 Å². The molecule has 0 saturated carbocycles.